The summed E-state index contributed by atoms with van der Waals surface area (Å²) in [5.74, 6) is 1.97. The van der Waals surface area contributed by atoms with Crippen molar-refractivity contribution in [3.05, 3.63) is 30.1 Å². The van der Waals surface area contributed by atoms with Gasteiger partial charge in [-0.05, 0) is 49.8 Å². The molecule has 1 aromatic heterocycles. The fourth-order valence-corrected chi connectivity index (χ4v) is 4.81. The first-order valence-electron chi connectivity index (χ1n) is 9.13. The third kappa shape index (κ3) is 2.73. The van der Waals surface area contributed by atoms with E-state index in [0.29, 0.717) is 29.4 Å². The summed E-state index contributed by atoms with van der Waals surface area (Å²) in [6, 6.07) is 7.74. The number of halogens is 2. The molecule has 0 amide bonds. The third-order valence-electron chi connectivity index (χ3n) is 6.06. The van der Waals surface area contributed by atoms with Crippen LogP contribution in [-0.2, 0) is 6.54 Å². The molecule has 5 heteroatoms. The summed E-state index contributed by atoms with van der Waals surface area (Å²) in [6.45, 7) is 1.34. The van der Waals surface area contributed by atoms with Gasteiger partial charge in [-0.15, -0.1) is 0 Å². The molecule has 1 aliphatic carbocycles. The van der Waals surface area contributed by atoms with Crippen molar-refractivity contribution in [2.24, 2.45) is 11.8 Å². The number of fused-ring (bicyclic) bond motifs is 2. The van der Waals surface area contributed by atoms with Crippen LogP contribution in [0.5, 0.6) is 0 Å². The molecule has 2 aromatic rings. The minimum atomic E-state index is -2.54. The van der Waals surface area contributed by atoms with Crippen LogP contribution in [0.1, 0.15) is 51.4 Å². The SMILES string of the molecule is CC1CCN(Cc2nc3ccccc3n2C(F)F)C2CCCCC12. The lowest BCUT2D eigenvalue weighted by molar-refractivity contribution is 0.0131. The number of rotatable bonds is 3. The molecule has 1 saturated heterocycles. The topological polar surface area (TPSA) is 21.1 Å². The quantitative estimate of drug-likeness (QED) is 0.802. The first-order valence-corrected chi connectivity index (χ1v) is 9.13. The van der Waals surface area contributed by atoms with E-state index in [9.17, 15) is 8.78 Å². The zero-order valence-corrected chi connectivity index (χ0v) is 14.2. The second-order valence-electron chi connectivity index (χ2n) is 7.42. The van der Waals surface area contributed by atoms with Gasteiger partial charge in [0.05, 0.1) is 17.6 Å². The molecular formula is C19H25F2N3. The van der Waals surface area contributed by atoms with Gasteiger partial charge in [0.15, 0.2) is 0 Å². The van der Waals surface area contributed by atoms with Crippen LogP contribution < -0.4 is 0 Å². The predicted octanol–water partition coefficient (Wildman–Crippen LogP) is 4.83. The Bertz CT molecular complexity index is 712. The monoisotopic (exact) mass is 333 g/mol. The van der Waals surface area contributed by atoms with Crippen molar-refractivity contribution >= 4 is 11.0 Å². The highest BCUT2D eigenvalue weighted by molar-refractivity contribution is 5.75. The zero-order chi connectivity index (χ0) is 16.7. The van der Waals surface area contributed by atoms with Gasteiger partial charge in [-0.3, -0.25) is 9.47 Å². The second kappa shape index (κ2) is 6.43. The summed E-state index contributed by atoms with van der Waals surface area (Å²) in [7, 11) is 0. The molecule has 0 bridgehead atoms. The van der Waals surface area contributed by atoms with Crippen molar-refractivity contribution in [1.82, 2.24) is 14.5 Å². The molecule has 0 N–H and O–H groups in total. The highest BCUT2D eigenvalue weighted by Crippen LogP contribution is 2.39. The molecular weight excluding hydrogens is 308 g/mol. The lowest BCUT2D eigenvalue weighted by atomic mass is 9.72. The molecule has 130 valence electrons. The van der Waals surface area contributed by atoms with Gasteiger partial charge in [0, 0.05) is 6.04 Å². The van der Waals surface area contributed by atoms with Gasteiger partial charge in [0.1, 0.15) is 5.82 Å². The van der Waals surface area contributed by atoms with Crippen molar-refractivity contribution in [3.8, 4) is 0 Å². The maximum atomic E-state index is 13.6. The molecule has 0 radical (unpaired) electrons. The van der Waals surface area contributed by atoms with E-state index in [1.165, 1.54) is 25.7 Å². The van der Waals surface area contributed by atoms with E-state index < -0.39 is 6.55 Å². The summed E-state index contributed by atoms with van der Waals surface area (Å²) < 4.78 is 28.4. The number of hydrogen-bond donors (Lipinski definition) is 0. The number of alkyl halides is 2. The molecule has 1 saturated carbocycles. The van der Waals surface area contributed by atoms with Crippen molar-refractivity contribution < 1.29 is 8.78 Å². The number of aromatic nitrogens is 2. The van der Waals surface area contributed by atoms with Gasteiger partial charge in [-0.25, -0.2) is 4.98 Å². The van der Waals surface area contributed by atoms with Crippen LogP contribution in [0.2, 0.25) is 0 Å². The van der Waals surface area contributed by atoms with Crippen LogP contribution in [0.25, 0.3) is 11.0 Å². The molecule has 4 rings (SSSR count). The molecule has 1 aliphatic heterocycles. The number of nitrogens with zero attached hydrogens (tertiary/aromatic N) is 3. The third-order valence-corrected chi connectivity index (χ3v) is 6.06. The molecule has 3 nitrogen and oxygen atoms in total. The highest BCUT2D eigenvalue weighted by Gasteiger charge is 2.37. The van der Waals surface area contributed by atoms with Gasteiger partial charge in [-0.2, -0.15) is 8.78 Å². The smallest absolute Gasteiger partial charge is 0.293 e. The average Bonchev–Trinajstić information content (AvgIpc) is 2.96. The molecule has 0 spiro atoms. The lowest BCUT2D eigenvalue weighted by Gasteiger charge is -2.47. The Hall–Kier alpha value is -1.49. The Morgan fingerprint density at radius 2 is 1.96 bits per heavy atom. The molecule has 3 atom stereocenters. The van der Waals surface area contributed by atoms with E-state index in [4.69, 9.17) is 0 Å². The maximum Gasteiger partial charge on any atom is 0.320 e. The summed E-state index contributed by atoms with van der Waals surface area (Å²) in [6.07, 6.45) is 6.22. The normalized spacial score (nSPS) is 28.4. The van der Waals surface area contributed by atoms with Gasteiger partial charge in [-0.1, -0.05) is 31.9 Å². The average molecular weight is 333 g/mol. The highest BCUT2D eigenvalue weighted by atomic mass is 19.3. The van der Waals surface area contributed by atoms with Crippen molar-refractivity contribution in [2.75, 3.05) is 6.54 Å². The molecule has 2 fully saturated rings. The number of imidazole rings is 1. The first-order chi connectivity index (χ1) is 11.6. The summed E-state index contributed by atoms with van der Waals surface area (Å²) >= 11 is 0. The Labute approximate surface area is 141 Å². The van der Waals surface area contributed by atoms with Gasteiger partial charge < -0.3 is 0 Å². The number of piperidine rings is 1. The summed E-state index contributed by atoms with van der Waals surface area (Å²) in [5, 5.41) is 0. The van der Waals surface area contributed by atoms with Crippen molar-refractivity contribution in [2.45, 2.75) is 58.2 Å². The molecule has 2 heterocycles. The van der Waals surface area contributed by atoms with E-state index in [0.717, 1.165) is 29.4 Å². The molecule has 24 heavy (non-hydrogen) atoms. The summed E-state index contributed by atoms with van der Waals surface area (Å²) in [4.78, 5) is 6.95. The van der Waals surface area contributed by atoms with Crippen LogP contribution in [0.4, 0.5) is 8.78 Å². The van der Waals surface area contributed by atoms with Gasteiger partial charge in [0.2, 0.25) is 0 Å². The minimum Gasteiger partial charge on any atom is -0.293 e. The Kier molecular flexibility index (Phi) is 4.29. The standard InChI is InChI=1S/C19H25F2N3/c1-13-10-11-23(16-8-4-2-6-14(13)16)12-18-22-15-7-3-5-9-17(15)24(18)19(20)21/h3,5,7,9,13-14,16,19H,2,4,6,8,10-12H2,1H3. The molecule has 3 unspecified atom stereocenters. The Morgan fingerprint density at radius 1 is 1.17 bits per heavy atom. The van der Waals surface area contributed by atoms with Crippen molar-refractivity contribution in [3.63, 3.8) is 0 Å². The summed E-state index contributed by atoms with van der Waals surface area (Å²) in [5.41, 5.74) is 1.20. The van der Waals surface area contributed by atoms with Gasteiger partial charge in [0.25, 0.3) is 0 Å². The van der Waals surface area contributed by atoms with Gasteiger partial charge >= 0.3 is 6.55 Å². The number of para-hydroxylation sites is 2. The van der Waals surface area contributed by atoms with Crippen LogP contribution in [0.3, 0.4) is 0 Å². The lowest BCUT2D eigenvalue weighted by Crippen LogP contribution is -2.49. The van der Waals surface area contributed by atoms with E-state index >= 15 is 0 Å². The number of hydrogen-bond acceptors (Lipinski definition) is 2. The van der Waals surface area contributed by atoms with Crippen LogP contribution in [-0.4, -0.2) is 27.0 Å². The van der Waals surface area contributed by atoms with E-state index in [1.807, 2.05) is 12.1 Å². The second-order valence-corrected chi connectivity index (χ2v) is 7.42. The van der Waals surface area contributed by atoms with Crippen LogP contribution in [0, 0.1) is 11.8 Å². The van der Waals surface area contributed by atoms with Crippen LogP contribution >= 0.6 is 0 Å². The predicted molar refractivity (Wildman–Crippen MR) is 90.9 cm³/mol. The first kappa shape index (κ1) is 16.0. The fraction of sp³-hybridized carbons (Fsp3) is 0.632. The largest absolute Gasteiger partial charge is 0.320 e. The molecule has 1 aromatic carbocycles. The van der Waals surface area contributed by atoms with E-state index in [-0.39, 0.29) is 0 Å². The fourth-order valence-electron chi connectivity index (χ4n) is 4.81. The minimum absolute atomic E-state index is 0.505. The van der Waals surface area contributed by atoms with Crippen LogP contribution in [0.15, 0.2) is 24.3 Å². The Balaban J connectivity index is 1.65. The van der Waals surface area contributed by atoms with E-state index in [1.54, 1.807) is 12.1 Å². The maximum absolute atomic E-state index is 13.6. The zero-order valence-electron chi connectivity index (χ0n) is 14.2. The van der Waals surface area contributed by atoms with E-state index in [2.05, 4.69) is 16.8 Å². The Morgan fingerprint density at radius 3 is 2.79 bits per heavy atom. The number of benzene rings is 1. The number of likely N-dealkylation sites (tertiary alicyclic amines) is 1. The molecule has 2 aliphatic rings. The van der Waals surface area contributed by atoms with Crippen molar-refractivity contribution in [1.29, 1.82) is 0 Å².